The molecule has 8 nitrogen and oxygen atoms in total. The van der Waals surface area contributed by atoms with Gasteiger partial charge in [-0.3, -0.25) is 0 Å². The molecule has 0 atom stereocenters. The Morgan fingerprint density at radius 1 is 0.708 bits per heavy atom. The average Bonchev–Trinajstić information content (AvgIpc) is 2.58. The maximum Gasteiger partial charge on any atom is 0.130 e. The molecule has 2 aromatic carbocycles. The summed E-state index contributed by atoms with van der Waals surface area (Å²) in [6.45, 7) is 0.594. The van der Waals surface area contributed by atoms with Crippen LogP contribution in [0.5, 0.6) is 23.0 Å². The van der Waals surface area contributed by atoms with Crippen molar-refractivity contribution in [3.63, 3.8) is 0 Å². The number of aliphatic hydroxyl groups is 3. The van der Waals surface area contributed by atoms with Crippen molar-refractivity contribution in [2.75, 3.05) is 0 Å². The zero-order chi connectivity index (χ0) is 18.7. The Kier molecular flexibility index (Phi) is 9.57. The van der Waals surface area contributed by atoms with Gasteiger partial charge in [-0.25, -0.2) is 0 Å². The summed E-state index contributed by atoms with van der Waals surface area (Å²) in [7, 11) is 0. The molecule has 2 rings (SSSR count). The lowest BCUT2D eigenvalue weighted by molar-refractivity contribution is -0.0980. The molecular weight excluding hydrogens is 320 g/mol. The van der Waals surface area contributed by atoms with Gasteiger partial charge in [-0.1, -0.05) is 6.07 Å². The predicted molar refractivity (Wildman–Crippen MR) is 84.4 cm³/mol. The summed E-state index contributed by atoms with van der Waals surface area (Å²) in [5.41, 5.74) is 0.243. The molecule has 0 amide bonds. The molecule has 0 saturated carbocycles. The third kappa shape index (κ3) is 5.76. The lowest BCUT2D eigenvalue weighted by Crippen LogP contribution is -1.97. The monoisotopic (exact) mass is 340 g/mol. The van der Waals surface area contributed by atoms with Crippen molar-refractivity contribution in [1.82, 2.24) is 0 Å². The molecule has 2 aromatic rings. The van der Waals surface area contributed by atoms with E-state index in [2.05, 4.69) is 0 Å². The van der Waals surface area contributed by atoms with Crippen LogP contribution >= 0.6 is 0 Å². The lowest BCUT2D eigenvalue weighted by Gasteiger charge is -2.11. The minimum absolute atomic E-state index is 0.0828. The van der Waals surface area contributed by atoms with E-state index in [0.717, 1.165) is 0 Å². The van der Waals surface area contributed by atoms with Crippen LogP contribution in [0.15, 0.2) is 30.3 Å². The van der Waals surface area contributed by atoms with Crippen LogP contribution in [0, 0.1) is 0 Å². The van der Waals surface area contributed by atoms with Crippen LogP contribution in [0.25, 0.3) is 0 Å². The van der Waals surface area contributed by atoms with Gasteiger partial charge in [-0.15, -0.1) is 0 Å². The highest BCUT2D eigenvalue weighted by molar-refractivity contribution is 5.52. The summed E-state index contributed by atoms with van der Waals surface area (Å²) in [6.07, 6.45) is 0. The van der Waals surface area contributed by atoms with Gasteiger partial charge in [0.15, 0.2) is 0 Å². The van der Waals surface area contributed by atoms with E-state index in [0.29, 0.717) is 0 Å². The first-order chi connectivity index (χ1) is 11.4. The van der Waals surface area contributed by atoms with Crippen molar-refractivity contribution in [2.45, 2.75) is 19.8 Å². The van der Waals surface area contributed by atoms with Crippen LogP contribution < -0.4 is 0 Å². The van der Waals surface area contributed by atoms with Crippen molar-refractivity contribution < 1.29 is 40.5 Å². The molecule has 0 fully saturated rings. The molecule has 0 bridgehead atoms. The van der Waals surface area contributed by atoms with E-state index in [1.807, 2.05) is 6.79 Å². The highest BCUT2D eigenvalue weighted by Gasteiger charge is 2.15. The predicted octanol–water partition coefficient (Wildman–Crippen LogP) is 0.488. The molecule has 0 aliphatic carbocycles. The minimum atomic E-state index is -0.557. The van der Waals surface area contributed by atoms with E-state index >= 15 is 0 Å². The SMILES string of the molecule is C=O.OCc1cc(CO)c(O)c(CO)c1O.Oc1cccc(O)c1. The molecular formula is C16H20O8. The number of aromatic hydroxyl groups is 4. The Balaban J connectivity index is 0.000000447. The van der Waals surface area contributed by atoms with Gasteiger partial charge in [-0.05, 0) is 18.2 Å². The maximum absolute atomic E-state index is 9.43. The molecule has 24 heavy (non-hydrogen) atoms. The molecule has 7 N–H and O–H groups in total. The van der Waals surface area contributed by atoms with Gasteiger partial charge in [-0.2, -0.15) is 0 Å². The van der Waals surface area contributed by atoms with Gasteiger partial charge in [0.25, 0.3) is 0 Å². The highest BCUT2D eigenvalue weighted by Crippen LogP contribution is 2.34. The van der Waals surface area contributed by atoms with Crippen LogP contribution in [0.4, 0.5) is 0 Å². The number of aliphatic hydroxyl groups excluding tert-OH is 3. The molecule has 132 valence electrons. The smallest absolute Gasteiger partial charge is 0.130 e. The Labute approximate surface area is 138 Å². The van der Waals surface area contributed by atoms with Gasteiger partial charge < -0.3 is 40.5 Å². The van der Waals surface area contributed by atoms with Gasteiger partial charge >= 0.3 is 0 Å². The molecule has 0 heterocycles. The first-order valence-corrected chi connectivity index (χ1v) is 6.59. The number of benzene rings is 2. The topological polar surface area (TPSA) is 159 Å². The fraction of sp³-hybridized carbons (Fsp3) is 0.188. The number of carbonyl (C=O) groups excluding carboxylic acids is 1. The summed E-state index contributed by atoms with van der Waals surface area (Å²) in [6, 6.07) is 7.13. The number of phenols is 4. The summed E-state index contributed by atoms with van der Waals surface area (Å²) in [5, 5.41) is 62.7. The van der Waals surface area contributed by atoms with Gasteiger partial charge in [0.1, 0.15) is 29.8 Å². The number of hydrogen-bond donors (Lipinski definition) is 7. The van der Waals surface area contributed by atoms with Crippen LogP contribution in [0.2, 0.25) is 0 Å². The Morgan fingerprint density at radius 2 is 1.12 bits per heavy atom. The molecule has 0 aromatic heterocycles. The summed E-state index contributed by atoms with van der Waals surface area (Å²) in [4.78, 5) is 8.00. The van der Waals surface area contributed by atoms with Crippen molar-refractivity contribution in [2.24, 2.45) is 0 Å². The molecule has 0 spiro atoms. The normalized spacial score (nSPS) is 9.29. The van der Waals surface area contributed by atoms with Crippen molar-refractivity contribution in [3.05, 3.63) is 47.0 Å². The zero-order valence-corrected chi connectivity index (χ0v) is 12.8. The van der Waals surface area contributed by atoms with Gasteiger partial charge in [0, 0.05) is 17.2 Å². The third-order valence-electron chi connectivity index (χ3n) is 2.86. The second-order valence-corrected chi connectivity index (χ2v) is 4.36. The average molecular weight is 340 g/mol. The Bertz CT molecular complexity index is 597. The summed E-state index contributed by atoms with van der Waals surface area (Å²) >= 11 is 0. The van der Waals surface area contributed by atoms with Crippen LogP contribution in [-0.4, -0.2) is 42.5 Å². The number of rotatable bonds is 3. The molecule has 0 saturated heterocycles. The van der Waals surface area contributed by atoms with Gasteiger partial charge in [0.2, 0.25) is 0 Å². The molecule has 8 heteroatoms. The van der Waals surface area contributed by atoms with E-state index in [9.17, 15) is 10.2 Å². The third-order valence-corrected chi connectivity index (χ3v) is 2.86. The van der Waals surface area contributed by atoms with Crippen LogP contribution in [0.1, 0.15) is 16.7 Å². The van der Waals surface area contributed by atoms with E-state index in [4.69, 9.17) is 30.3 Å². The fourth-order valence-corrected chi connectivity index (χ4v) is 1.73. The first-order valence-electron chi connectivity index (χ1n) is 6.59. The van der Waals surface area contributed by atoms with E-state index in [1.54, 1.807) is 6.07 Å². The first kappa shape index (κ1) is 21.2. The summed E-state index contributed by atoms with van der Waals surface area (Å²) < 4.78 is 0. The number of carbonyl (C=O) groups is 1. The van der Waals surface area contributed by atoms with Crippen molar-refractivity contribution in [1.29, 1.82) is 0 Å². The number of hydrogen-bond acceptors (Lipinski definition) is 8. The molecule has 0 aliphatic rings. The van der Waals surface area contributed by atoms with Crippen molar-refractivity contribution in [3.8, 4) is 23.0 Å². The second-order valence-electron chi connectivity index (χ2n) is 4.36. The van der Waals surface area contributed by atoms with E-state index in [1.165, 1.54) is 24.3 Å². The Morgan fingerprint density at radius 3 is 1.38 bits per heavy atom. The second kappa shape index (κ2) is 10.8. The quantitative estimate of drug-likeness (QED) is 0.425. The van der Waals surface area contributed by atoms with E-state index < -0.39 is 19.8 Å². The highest BCUT2D eigenvalue weighted by atomic mass is 16.3. The fourth-order valence-electron chi connectivity index (χ4n) is 1.73. The molecule has 0 unspecified atom stereocenters. The van der Waals surface area contributed by atoms with Crippen LogP contribution in [-0.2, 0) is 24.6 Å². The number of phenolic OH excluding ortho intramolecular Hbond substituents is 2. The van der Waals surface area contributed by atoms with E-state index in [-0.39, 0.29) is 39.7 Å². The largest absolute Gasteiger partial charge is 0.508 e. The van der Waals surface area contributed by atoms with Gasteiger partial charge in [0.05, 0.1) is 25.4 Å². The lowest BCUT2D eigenvalue weighted by atomic mass is 10.0. The summed E-state index contributed by atoms with van der Waals surface area (Å²) in [5.74, 6) is -0.510. The van der Waals surface area contributed by atoms with Crippen LogP contribution in [0.3, 0.4) is 0 Å². The zero-order valence-electron chi connectivity index (χ0n) is 12.8. The molecule has 0 radical (unpaired) electrons. The Hall–Kier alpha value is -2.81. The molecule has 0 aliphatic heterocycles. The standard InChI is InChI=1S/C9H12O5.C6H6O2.CH2O/c10-2-5-1-6(3-11)9(14)7(4-12)8(5)13;7-5-2-1-3-6(8)4-5;1-2/h1,10-14H,2-4H2;1-4,7-8H;1H2. The van der Waals surface area contributed by atoms with Crippen molar-refractivity contribution >= 4 is 6.79 Å². The minimum Gasteiger partial charge on any atom is -0.508 e. The maximum atomic E-state index is 9.43.